The van der Waals surface area contributed by atoms with Crippen LogP contribution in [0.1, 0.15) is 6.92 Å². The van der Waals surface area contributed by atoms with Crippen molar-refractivity contribution in [1.82, 2.24) is 4.31 Å². The van der Waals surface area contributed by atoms with E-state index in [1.807, 2.05) is 0 Å². The first kappa shape index (κ1) is 10.4. The Morgan fingerprint density at radius 3 is 2.09 bits per heavy atom. The van der Waals surface area contributed by atoms with Gasteiger partial charge in [-0.15, -0.1) is 0 Å². The molecule has 0 atom stereocenters. The van der Waals surface area contributed by atoms with Crippen molar-refractivity contribution in [1.29, 1.82) is 0 Å². The fraction of sp³-hybridized carbons (Fsp3) is 0.800. The summed E-state index contributed by atoms with van der Waals surface area (Å²) in [6.07, 6.45) is 1.04. The van der Waals surface area contributed by atoms with Crippen LogP contribution in [-0.2, 0) is 14.8 Å². The number of amides is 1. The topological polar surface area (TPSA) is 80.5 Å². The predicted molar refractivity (Wildman–Crippen MR) is 41.3 cm³/mol. The molecule has 66 valence electrons. The molecular weight excluding hydrogens is 168 g/mol. The van der Waals surface area contributed by atoms with Crippen molar-refractivity contribution in [2.75, 3.05) is 19.3 Å². The number of carbonyl (C=O) groups is 1. The number of primary amides is 1. The van der Waals surface area contributed by atoms with Crippen LogP contribution in [0.25, 0.3) is 0 Å². The number of sulfonamides is 1. The molecule has 0 aromatic heterocycles. The summed E-state index contributed by atoms with van der Waals surface area (Å²) >= 11 is 0. The number of hydrogen-bond acceptors (Lipinski definition) is 3. The minimum Gasteiger partial charge on any atom is -0.369 e. The molecular formula is C5H12N2O3S. The molecule has 0 aliphatic heterocycles. The van der Waals surface area contributed by atoms with E-state index in [0.717, 1.165) is 10.6 Å². The molecule has 0 aromatic carbocycles. The van der Waals surface area contributed by atoms with Gasteiger partial charge < -0.3 is 5.73 Å². The lowest BCUT2D eigenvalue weighted by Crippen LogP contribution is -2.37. The van der Waals surface area contributed by atoms with Gasteiger partial charge in [-0.1, -0.05) is 6.92 Å². The maximum atomic E-state index is 10.8. The van der Waals surface area contributed by atoms with Crippen LogP contribution in [0.15, 0.2) is 0 Å². The minimum absolute atomic E-state index is 0.241. The van der Waals surface area contributed by atoms with Crippen LogP contribution in [0, 0.1) is 0 Å². The van der Waals surface area contributed by atoms with Crippen LogP contribution >= 0.6 is 0 Å². The lowest BCUT2D eigenvalue weighted by Gasteiger charge is -2.14. The maximum Gasteiger partial charge on any atom is 0.232 e. The van der Waals surface area contributed by atoms with Crippen molar-refractivity contribution < 1.29 is 13.2 Å². The van der Waals surface area contributed by atoms with Crippen LogP contribution in [0.3, 0.4) is 0 Å². The molecule has 0 saturated carbocycles. The first-order valence-corrected chi connectivity index (χ1v) is 4.96. The van der Waals surface area contributed by atoms with Gasteiger partial charge in [-0.05, 0) is 0 Å². The fourth-order valence-electron chi connectivity index (χ4n) is 0.637. The van der Waals surface area contributed by atoms with Gasteiger partial charge in [-0.2, -0.15) is 4.31 Å². The molecule has 0 radical (unpaired) electrons. The molecule has 0 heterocycles. The van der Waals surface area contributed by atoms with Crippen molar-refractivity contribution in [2.45, 2.75) is 6.92 Å². The molecule has 0 unspecified atom stereocenters. The Morgan fingerprint density at radius 1 is 1.55 bits per heavy atom. The van der Waals surface area contributed by atoms with Gasteiger partial charge in [0.15, 0.2) is 0 Å². The zero-order valence-electron chi connectivity index (χ0n) is 6.57. The lowest BCUT2D eigenvalue weighted by atomic mass is 10.6. The van der Waals surface area contributed by atoms with E-state index in [0.29, 0.717) is 0 Å². The number of carbonyl (C=O) groups excluding carboxylic acids is 1. The molecule has 0 aromatic rings. The molecule has 0 rings (SSSR count). The second kappa shape index (κ2) is 3.68. The van der Waals surface area contributed by atoms with Crippen LogP contribution in [0.2, 0.25) is 0 Å². The SMILES string of the molecule is CCN(CC(N)=O)S(C)(=O)=O. The van der Waals surface area contributed by atoms with Gasteiger partial charge in [0.05, 0.1) is 12.8 Å². The first-order valence-electron chi connectivity index (χ1n) is 3.11. The molecule has 0 aliphatic carbocycles. The minimum atomic E-state index is -3.28. The van der Waals surface area contributed by atoms with E-state index >= 15 is 0 Å². The highest BCUT2D eigenvalue weighted by molar-refractivity contribution is 7.88. The van der Waals surface area contributed by atoms with Gasteiger partial charge in [0, 0.05) is 6.54 Å². The molecule has 0 aliphatic rings. The Balaban J connectivity index is 4.31. The average Bonchev–Trinajstić information content (AvgIpc) is 1.79. The summed E-state index contributed by atoms with van der Waals surface area (Å²) < 4.78 is 22.6. The Kier molecular flexibility index (Phi) is 3.47. The monoisotopic (exact) mass is 180 g/mol. The van der Waals surface area contributed by atoms with Crippen molar-refractivity contribution in [3.8, 4) is 0 Å². The quantitative estimate of drug-likeness (QED) is 0.587. The lowest BCUT2D eigenvalue weighted by molar-refractivity contribution is -0.118. The van der Waals surface area contributed by atoms with Crippen LogP contribution in [-0.4, -0.2) is 38.0 Å². The fourth-order valence-corrected chi connectivity index (χ4v) is 1.47. The van der Waals surface area contributed by atoms with E-state index in [9.17, 15) is 13.2 Å². The number of hydrogen-bond donors (Lipinski definition) is 1. The van der Waals surface area contributed by atoms with Crippen LogP contribution in [0.4, 0.5) is 0 Å². The highest BCUT2D eigenvalue weighted by atomic mass is 32.2. The third kappa shape index (κ3) is 3.94. The smallest absolute Gasteiger partial charge is 0.232 e. The van der Waals surface area contributed by atoms with Crippen molar-refractivity contribution >= 4 is 15.9 Å². The molecule has 0 fully saturated rings. The van der Waals surface area contributed by atoms with E-state index in [2.05, 4.69) is 0 Å². The third-order valence-electron chi connectivity index (χ3n) is 1.15. The van der Waals surface area contributed by atoms with Crippen molar-refractivity contribution in [3.63, 3.8) is 0 Å². The van der Waals surface area contributed by atoms with Gasteiger partial charge in [-0.25, -0.2) is 8.42 Å². The zero-order chi connectivity index (χ0) is 9.07. The average molecular weight is 180 g/mol. The Labute approximate surface area is 66.2 Å². The third-order valence-corrected chi connectivity index (χ3v) is 2.48. The molecule has 1 amide bonds. The highest BCUT2D eigenvalue weighted by Crippen LogP contribution is 1.94. The molecule has 5 nitrogen and oxygen atoms in total. The highest BCUT2D eigenvalue weighted by Gasteiger charge is 2.15. The molecule has 0 bridgehead atoms. The summed E-state index contributed by atoms with van der Waals surface area (Å²) in [6.45, 7) is 1.67. The Morgan fingerprint density at radius 2 is 2.00 bits per heavy atom. The summed E-state index contributed by atoms with van der Waals surface area (Å²) in [7, 11) is -3.28. The molecule has 2 N–H and O–H groups in total. The van der Waals surface area contributed by atoms with E-state index in [1.54, 1.807) is 6.92 Å². The first-order chi connectivity index (χ1) is 4.88. The van der Waals surface area contributed by atoms with E-state index < -0.39 is 15.9 Å². The summed E-state index contributed by atoms with van der Waals surface area (Å²) in [5, 5.41) is 0. The summed E-state index contributed by atoms with van der Waals surface area (Å²) in [5.74, 6) is -0.641. The van der Waals surface area contributed by atoms with Gasteiger partial charge in [0.2, 0.25) is 15.9 Å². The summed E-state index contributed by atoms with van der Waals surface area (Å²) in [6, 6.07) is 0. The van der Waals surface area contributed by atoms with E-state index in [-0.39, 0.29) is 13.1 Å². The van der Waals surface area contributed by atoms with Crippen LogP contribution in [0.5, 0.6) is 0 Å². The van der Waals surface area contributed by atoms with Gasteiger partial charge in [0.25, 0.3) is 0 Å². The zero-order valence-corrected chi connectivity index (χ0v) is 7.39. The second-order valence-corrected chi connectivity index (χ2v) is 4.14. The number of likely N-dealkylation sites (N-methyl/N-ethyl adjacent to an activating group) is 1. The van der Waals surface area contributed by atoms with E-state index in [1.165, 1.54) is 0 Å². The Hall–Kier alpha value is -0.620. The van der Waals surface area contributed by atoms with Gasteiger partial charge in [0.1, 0.15) is 0 Å². The Bertz CT molecular complexity index is 234. The van der Waals surface area contributed by atoms with E-state index in [4.69, 9.17) is 5.73 Å². The second-order valence-electron chi connectivity index (χ2n) is 2.16. The molecule has 0 saturated heterocycles. The number of rotatable bonds is 4. The maximum absolute atomic E-state index is 10.8. The summed E-state index contributed by atoms with van der Waals surface area (Å²) in [4.78, 5) is 10.3. The van der Waals surface area contributed by atoms with Crippen molar-refractivity contribution in [2.24, 2.45) is 5.73 Å². The van der Waals surface area contributed by atoms with Crippen LogP contribution < -0.4 is 5.73 Å². The normalized spacial score (nSPS) is 11.9. The molecule has 6 heteroatoms. The van der Waals surface area contributed by atoms with Gasteiger partial charge in [-0.3, -0.25) is 4.79 Å². The predicted octanol–water partition coefficient (Wildman–Crippen LogP) is -1.25. The summed E-state index contributed by atoms with van der Waals surface area (Å²) in [5.41, 5.74) is 4.82. The molecule has 0 spiro atoms. The van der Waals surface area contributed by atoms with Gasteiger partial charge >= 0.3 is 0 Å². The number of nitrogens with zero attached hydrogens (tertiary/aromatic N) is 1. The largest absolute Gasteiger partial charge is 0.369 e. The van der Waals surface area contributed by atoms with Crippen molar-refractivity contribution in [3.05, 3.63) is 0 Å². The standard InChI is InChI=1S/C5H12N2O3S/c1-3-7(4-5(6)8)11(2,9)10/h3-4H2,1-2H3,(H2,6,8). The molecule has 11 heavy (non-hydrogen) atoms. The number of nitrogens with two attached hydrogens (primary N) is 1.